The number of fused-ring (bicyclic) bond motifs is 12. The summed E-state index contributed by atoms with van der Waals surface area (Å²) in [5.74, 6) is 0. The van der Waals surface area contributed by atoms with Crippen LogP contribution in [0.2, 0.25) is 0 Å². The minimum atomic E-state index is 1.10. The molecule has 0 fully saturated rings. The fraction of sp³-hybridized carbons (Fsp3) is 0. The first-order valence-electron chi connectivity index (χ1n) is 21.3. The van der Waals surface area contributed by atoms with Crippen molar-refractivity contribution in [2.75, 3.05) is 9.80 Å². The normalized spacial score (nSPS) is 11.5. The van der Waals surface area contributed by atoms with Crippen LogP contribution < -0.4 is 9.80 Å². The molecular formula is C60H40N2. The number of anilines is 6. The predicted octanol–water partition coefficient (Wildman–Crippen LogP) is 17.2. The Hall–Kier alpha value is -8.20. The van der Waals surface area contributed by atoms with E-state index >= 15 is 0 Å². The van der Waals surface area contributed by atoms with Gasteiger partial charge in [-0.2, -0.15) is 0 Å². The van der Waals surface area contributed by atoms with E-state index in [1.807, 2.05) is 0 Å². The highest BCUT2D eigenvalue weighted by Crippen LogP contribution is 2.43. The molecule has 290 valence electrons. The Bertz CT molecular complexity index is 3300. The van der Waals surface area contributed by atoms with Crippen LogP contribution in [0, 0.1) is 0 Å². The van der Waals surface area contributed by atoms with Gasteiger partial charge in [-0.15, -0.1) is 0 Å². The summed E-state index contributed by atoms with van der Waals surface area (Å²) >= 11 is 0. The highest BCUT2D eigenvalue weighted by Gasteiger charge is 2.18. The van der Waals surface area contributed by atoms with E-state index in [1.165, 1.54) is 75.8 Å². The Labute approximate surface area is 360 Å². The van der Waals surface area contributed by atoms with Crippen molar-refractivity contribution in [3.63, 3.8) is 0 Å². The van der Waals surface area contributed by atoms with Crippen LogP contribution in [0.25, 0.3) is 75.8 Å². The van der Waals surface area contributed by atoms with Crippen molar-refractivity contribution in [1.82, 2.24) is 0 Å². The quantitative estimate of drug-likeness (QED) is 0.148. The van der Waals surface area contributed by atoms with Crippen molar-refractivity contribution in [2.24, 2.45) is 0 Å². The standard InChI is InChI=1S/C60H40N2/c1-3-15-43(16-4-1)61(47-35-37-57-53-23-9-7-19-49(53)51-21-11-13-25-55(51)59(57)39-47)45-31-27-41(28-32-45)42-29-33-46(34-30-42)62(44-17-5-2-6-18-44)48-36-38-58-54-24-10-8-20-50(54)52-22-12-14-26-56(52)60(58)40-48/h1-40H. The van der Waals surface area contributed by atoms with E-state index < -0.39 is 0 Å². The van der Waals surface area contributed by atoms with Crippen LogP contribution in [-0.2, 0) is 0 Å². The van der Waals surface area contributed by atoms with Gasteiger partial charge < -0.3 is 9.80 Å². The van der Waals surface area contributed by atoms with Gasteiger partial charge in [-0.25, -0.2) is 0 Å². The third-order valence-corrected chi connectivity index (χ3v) is 12.6. The molecule has 0 aromatic heterocycles. The van der Waals surface area contributed by atoms with Crippen LogP contribution in [0.4, 0.5) is 34.1 Å². The van der Waals surface area contributed by atoms with E-state index in [4.69, 9.17) is 0 Å². The molecule has 12 aromatic rings. The Morgan fingerprint density at radius 2 is 0.387 bits per heavy atom. The third kappa shape index (κ3) is 5.96. The molecule has 12 rings (SSSR count). The number of para-hydroxylation sites is 2. The van der Waals surface area contributed by atoms with Gasteiger partial charge in [-0.1, -0.05) is 170 Å². The molecule has 0 radical (unpaired) electrons. The van der Waals surface area contributed by atoms with Gasteiger partial charge in [0.1, 0.15) is 0 Å². The SMILES string of the molecule is c1ccc(N(c2ccc(-c3ccc(N(c4ccccc4)c4ccc5c6ccccc6c6ccccc6c5c4)cc3)cc2)c2ccc3c4ccccc4c4ccccc4c3c2)cc1. The molecule has 0 aliphatic rings. The molecule has 0 N–H and O–H groups in total. The van der Waals surface area contributed by atoms with Crippen molar-refractivity contribution in [1.29, 1.82) is 0 Å². The van der Waals surface area contributed by atoms with Crippen molar-refractivity contribution in [3.05, 3.63) is 243 Å². The fourth-order valence-corrected chi connectivity index (χ4v) is 9.72. The first kappa shape index (κ1) is 35.7. The number of hydrogen-bond acceptors (Lipinski definition) is 2. The largest absolute Gasteiger partial charge is 0.310 e. The van der Waals surface area contributed by atoms with E-state index in [-0.39, 0.29) is 0 Å². The molecule has 2 nitrogen and oxygen atoms in total. The number of rotatable bonds is 7. The zero-order valence-corrected chi connectivity index (χ0v) is 34.0. The predicted molar refractivity (Wildman–Crippen MR) is 266 cm³/mol. The average Bonchev–Trinajstić information content (AvgIpc) is 3.35. The van der Waals surface area contributed by atoms with Crippen LogP contribution in [0.1, 0.15) is 0 Å². The number of hydrogen-bond donors (Lipinski definition) is 0. The third-order valence-electron chi connectivity index (χ3n) is 12.6. The van der Waals surface area contributed by atoms with Gasteiger partial charge in [0.2, 0.25) is 0 Å². The smallest absolute Gasteiger partial charge is 0.0468 e. The van der Waals surface area contributed by atoms with Crippen LogP contribution in [0.3, 0.4) is 0 Å². The van der Waals surface area contributed by atoms with Crippen LogP contribution in [0.5, 0.6) is 0 Å². The monoisotopic (exact) mass is 788 g/mol. The maximum absolute atomic E-state index is 2.36. The molecule has 0 unspecified atom stereocenters. The summed E-state index contributed by atoms with van der Waals surface area (Å²) in [6, 6.07) is 88.3. The number of benzene rings is 12. The number of nitrogens with zero attached hydrogens (tertiary/aromatic N) is 2. The van der Waals surface area contributed by atoms with Crippen molar-refractivity contribution < 1.29 is 0 Å². The highest BCUT2D eigenvalue weighted by atomic mass is 15.1. The molecule has 12 aromatic carbocycles. The molecule has 2 heteroatoms. The van der Waals surface area contributed by atoms with Gasteiger partial charge in [0.05, 0.1) is 0 Å². The van der Waals surface area contributed by atoms with Gasteiger partial charge in [-0.3, -0.25) is 0 Å². The molecule has 0 atom stereocenters. The zero-order valence-electron chi connectivity index (χ0n) is 34.0. The maximum Gasteiger partial charge on any atom is 0.0468 e. The molecule has 0 spiro atoms. The summed E-state index contributed by atoms with van der Waals surface area (Å²) in [5, 5.41) is 15.3. The first-order valence-corrected chi connectivity index (χ1v) is 21.3. The summed E-state index contributed by atoms with van der Waals surface area (Å²) < 4.78 is 0. The Balaban J connectivity index is 0.920. The van der Waals surface area contributed by atoms with Crippen LogP contribution in [0.15, 0.2) is 243 Å². The van der Waals surface area contributed by atoms with Crippen molar-refractivity contribution in [2.45, 2.75) is 0 Å². The minimum Gasteiger partial charge on any atom is -0.310 e. The molecule has 0 saturated carbocycles. The van der Waals surface area contributed by atoms with Gasteiger partial charge >= 0.3 is 0 Å². The first-order chi connectivity index (χ1) is 30.8. The van der Waals surface area contributed by atoms with Crippen molar-refractivity contribution in [3.8, 4) is 11.1 Å². The van der Waals surface area contributed by atoms with Crippen LogP contribution >= 0.6 is 0 Å². The zero-order chi connectivity index (χ0) is 41.0. The molecule has 0 heterocycles. The maximum atomic E-state index is 2.36. The molecule has 0 aliphatic heterocycles. The summed E-state index contributed by atoms with van der Waals surface area (Å²) in [5.41, 5.74) is 9.02. The fourth-order valence-electron chi connectivity index (χ4n) is 9.72. The molecule has 0 amide bonds. The lowest BCUT2D eigenvalue weighted by atomic mass is 9.94. The molecule has 0 aliphatic carbocycles. The van der Waals surface area contributed by atoms with Gasteiger partial charge in [0.25, 0.3) is 0 Å². The van der Waals surface area contributed by atoms with E-state index in [2.05, 4.69) is 252 Å². The molecule has 62 heavy (non-hydrogen) atoms. The summed E-state index contributed by atoms with van der Waals surface area (Å²) in [6.45, 7) is 0. The Kier molecular flexibility index (Phi) is 8.53. The van der Waals surface area contributed by atoms with Crippen LogP contribution in [-0.4, -0.2) is 0 Å². The minimum absolute atomic E-state index is 1.10. The van der Waals surface area contributed by atoms with E-state index in [9.17, 15) is 0 Å². The Morgan fingerprint density at radius 1 is 0.161 bits per heavy atom. The lowest BCUT2D eigenvalue weighted by molar-refractivity contribution is 1.29. The van der Waals surface area contributed by atoms with E-state index in [0.717, 1.165) is 34.1 Å². The van der Waals surface area contributed by atoms with E-state index in [1.54, 1.807) is 0 Å². The molecule has 0 bridgehead atoms. The summed E-state index contributed by atoms with van der Waals surface area (Å²) in [6.07, 6.45) is 0. The van der Waals surface area contributed by atoms with E-state index in [0.29, 0.717) is 0 Å². The molecular weight excluding hydrogens is 749 g/mol. The second-order valence-corrected chi connectivity index (χ2v) is 16.1. The second kappa shape index (κ2) is 14.8. The lowest BCUT2D eigenvalue weighted by Gasteiger charge is -2.27. The van der Waals surface area contributed by atoms with Gasteiger partial charge in [0.15, 0.2) is 0 Å². The topological polar surface area (TPSA) is 6.48 Å². The average molecular weight is 789 g/mol. The molecule has 0 saturated heterocycles. The van der Waals surface area contributed by atoms with Crippen molar-refractivity contribution >= 4 is 98.8 Å². The van der Waals surface area contributed by atoms with Gasteiger partial charge in [-0.05, 0) is 149 Å². The summed E-state index contributed by atoms with van der Waals surface area (Å²) in [7, 11) is 0. The highest BCUT2D eigenvalue weighted by molar-refractivity contribution is 6.27. The Morgan fingerprint density at radius 3 is 0.694 bits per heavy atom. The summed E-state index contributed by atoms with van der Waals surface area (Å²) in [4.78, 5) is 4.73. The second-order valence-electron chi connectivity index (χ2n) is 16.1. The lowest BCUT2D eigenvalue weighted by Crippen LogP contribution is -2.10. The van der Waals surface area contributed by atoms with Gasteiger partial charge in [0, 0.05) is 34.1 Å².